The van der Waals surface area contributed by atoms with Crippen molar-refractivity contribution in [2.45, 2.75) is 290 Å². The Hall–Kier alpha value is -0.226. The maximum absolute atomic E-state index is 10.3. The molecular formula is C48H96O6Pr. The van der Waals surface area contributed by atoms with E-state index < -0.39 is 17.9 Å². The first-order chi connectivity index (χ1) is 26.3. The van der Waals surface area contributed by atoms with Crippen molar-refractivity contribution in [1.29, 1.82) is 0 Å². The van der Waals surface area contributed by atoms with Crippen molar-refractivity contribution >= 4 is 17.9 Å². The van der Waals surface area contributed by atoms with E-state index in [2.05, 4.69) is 20.8 Å². The number of hydrogen-bond donors (Lipinski definition) is 3. The van der Waals surface area contributed by atoms with Gasteiger partial charge in [-0.25, -0.2) is 0 Å². The number of carbonyl (C=O) groups is 3. The Morgan fingerprint density at radius 3 is 0.455 bits per heavy atom. The molecule has 55 heavy (non-hydrogen) atoms. The van der Waals surface area contributed by atoms with Gasteiger partial charge in [0.05, 0.1) is 0 Å². The predicted molar refractivity (Wildman–Crippen MR) is 234 cm³/mol. The Bertz CT molecular complexity index is 636. The summed E-state index contributed by atoms with van der Waals surface area (Å²) in [5.41, 5.74) is 0. The quantitative estimate of drug-likeness (QED) is 0.0526. The van der Waals surface area contributed by atoms with Crippen LogP contribution in [0.5, 0.6) is 0 Å². The second-order valence-corrected chi connectivity index (χ2v) is 16.2. The summed E-state index contributed by atoms with van der Waals surface area (Å²) in [6.07, 6.45) is 51.8. The Kier molecular flexibility index (Phi) is 64.9. The molecule has 0 saturated carbocycles. The van der Waals surface area contributed by atoms with Gasteiger partial charge in [0.25, 0.3) is 0 Å². The van der Waals surface area contributed by atoms with E-state index >= 15 is 0 Å². The zero-order valence-corrected chi connectivity index (χ0v) is 41.0. The van der Waals surface area contributed by atoms with E-state index in [1.54, 1.807) is 0 Å². The zero-order valence-electron chi connectivity index (χ0n) is 37.3. The van der Waals surface area contributed by atoms with Crippen LogP contribution in [-0.2, 0) is 14.4 Å². The topological polar surface area (TPSA) is 112 Å². The molecule has 0 atom stereocenters. The molecule has 0 aromatic heterocycles. The number of carboxylic acid groups (broad SMARTS) is 3. The fourth-order valence-electron chi connectivity index (χ4n) is 6.88. The van der Waals surface area contributed by atoms with Crippen LogP contribution in [0.4, 0.5) is 0 Å². The van der Waals surface area contributed by atoms with Gasteiger partial charge < -0.3 is 15.3 Å². The van der Waals surface area contributed by atoms with Crippen molar-refractivity contribution in [1.82, 2.24) is 0 Å². The number of unbranched alkanes of at least 4 members (excludes halogenated alkanes) is 36. The molecule has 327 valence electrons. The maximum Gasteiger partial charge on any atom is 0.303 e. The summed E-state index contributed by atoms with van der Waals surface area (Å²) in [4.78, 5) is 30.9. The van der Waals surface area contributed by atoms with Crippen molar-refractivity contribution in [2.24, 2.45) is 0 Å². The molecule has 0 aliphatic heterocycles. The summed E-state index contributed by atoms with van der Waals surface area (Å²) >= 11 is 0. The molecule has 0 aromatic carbocycles. The average Bonchev–Trinajstić information content (AvgIpc) is 3.14. The third kappa shape index (κ3) is 71.9. The van der Waals surface area contributed by atoms with Crippen LogP contribution in [0.3, 0.4) is 0 Å². The van der Waals surface area contributed by atoms with Gasteiger partial charge in [-0.15, -0.1) is 0 Å². The normalized spacial score (nSPS) is 10.5. The van der Waals surface area contributed by atoms with Gasteiger partial charge in [0.2, 0.25) is 0 Å². The minimum absolute atomic E-state index is 0. The third-order valence-electron chi connectivity index (χ3n) is 10.5. The average molecular weight is 910 g/mol. The molecule has 0 bridgehead atoms. The van der Waals surface area contributed by atoms with E-state index in [1.807, 2.05) is 0 Å². The summed E-state index contributed by atoms with van der Waals surface area (Å²) in [5.74, 6) is -1.96. The van der Waals surface area contributed by atoms with Crippen LogP contribution in [0.2, 0.25) is 0 Å². The van der Waals surface area contributed by atoms with Crippen LogP contribution >= 0.6 is 0 Å². The van der Waals surface area contributed by atoms with Crippen LogP contribution in [0.15, 0.2) is 0 Å². The molecule has 0 aliphatic rings. The summed E-state index contributed by atoms with van der Waals surface area (Å²) in [7, 11) is 0. The Morgan fingerprint density at radius 2 is 0.345 bits per heavy atom. The van der Waals surface area contributed by atoms with E-state index in [0.717, 1.165) is 38.5 Å². The minimum atomic E-state index is -0.655. The van der Waals surface area contributed by atoms with Crippen LogP contribution in [0, 0.1) is 41.3 Å². The van der Waals surface area contributed by atoms with Crippen molar-refractivity contribution in [3.63, 3.8) is 0 Å². The fraction of sp³-hybridized carbons (Fsp3) is 0.938. The van der Waals surface area contributed by atoms with Crippen molar-refractivity contribution in [2.75, 3.05) is 0 Å². The summed E-state index contributed by atoms with van der Waals surface area (Å²) in [6.45, 7) is 6.78. The van der Waals surface area contributed by atoms with Crippen LogP contribution < -0.4 is 0 Å². The Labute approximate surface area is 376 Å². The predicted octanol–water partition coefficient (Wildman–Crippen LogP) is 16.7. The van der Waals surface area contributed by atoms with Crippen molar-refractivity contribution in [3.05, 3.63) is 0 Å². The molecule has 0 amide bonds. The molecule has 0 rings (SSSR count). The largest absolute Gasteiger partial charge is 0.481 e. The molecule has 1 radical (unpaired) electrons. The number of aliphatic carboxylic acids is 3. The SMILES string of the molecule is CCCCCCCCCCCCCCCC(=O)O.CCCCCCCCCCCCCCCC(=O)O.CCCCCCCCCCCCCCCC(=O)O.[Pr]. The van der Waals surface area contributed by atoms with Crippen LogP contribution in [-0.4, -0.2) is 33.2 Å². The van der Waals surface area contributed by atoms with E-state index in [0.29, 0.717) is 19.3 Å². The Morgan fingerprint density at radius 1 is 0.236 bits per heavy atom. The molecule has 7 heteroatoms. The molecule has 0 aliphatic carbocycles. The number of carboxylic acids is 3. The molecular weight excluding hydrogens is 813 g/mol. The van der Waals surface area contributed by atoms with Crippen molar-refractivity contribution < 1.29 is 71.0 Å². The van der Waals surface area contributed by atoms with Crippen LogP contribution in [0.1, 0.15) is 290 Å². The third-order valence-corrected chi connectivity index (χ3v) is 10.5. The van der Waals surface area contributed by atoms with E-state index in [4.69, 9.17) is 15.3 Å². The number of hydrogen-bond acceptors (Lipinski definition) is 3. The second kappa shape index (κ2) is 58.1. The van der Waals surface area contributed by atoms with Gasteiger partial charge in [-0.1, -0.05) is 252 Å². The molecule has 0 spiro atoms. The molecule has 0 saturated heterocycles. The van der Waals surface area contributed by atoms with Gasteiger partial charge in [0.1, 0.15) is 0 Å². The first kappa shape index (κ1) is 61.4. The van der Waals surface area contributed by atoms with Crippen molar-refractivity contribution in [3.8, 4) is 0 Å². The number of rotatable bonds is 42. The fourth-order valence-corrected chi connectivity index (χ4v) is 6.88. The monoisotopic (exact) mass is 910 g/mol. The molecule has 0 unspecified atom stereocenters. The smallest absolute Gasteiger partial charge is 0.303 e. The van der Waals surface area contributed by atoms with Crippen LogP contribution in [0.25, 0.3) is 0 Å². The van der Waals surface area contributed by atoms with E-state index in [1.165, 1.54) is 212 Å². The zero-order chi connectivity index (χ0) is 40.4. The van der Waals surface area contributed by atoms with Gasteiger partial charge in [0.15, 0.2) is 0 Å². The minimum Gasteiger partial charge on any atom is -0.481 e. The molecule has 0 fully saturated rings. The van der Waals surface area contributed by atoms with Gasteiger partial charge in [-0.2, -0.15) is 0 Å². The first-order valence-corrected chi connectivity index (χ1v) is 24.0. The molecule has 6 nitrogen and oxygen atoms in total. The van der Waals surface area contributed by atoms with Gasteiger partial charge in [-0.3, -0.25) is 14.4 Å². The van der Waals surface area contributed by atoms with E-state index in [9.17, 15) is 14.4 Å². The standard InChI is InChI=1S/3C16H32O2.Pr/c3*1-2-3-4-5-6-7-8-9-10-11-12-13-14-15-16(17)18;/h3*2-15H2,1H3,(H,17,18);. The van der Waals surface area contributed by atoms with Gasteiger partial charge in [0, 0.05) is 60.6 Å². The molecule has 3 N–H and O–H groups in total. The summed E-state index contributed by atoms with van der Waals surface area (Å²) < 4.78 is 0. The summed E-state index contributed by atoms with van der Waals surface area (Å²) in [6, 6.07) is 0. The Balaban J connectivity index is -0.000000351. The molecule has 0 aromatic rings. The van der Waals surface area contributed by atoms with E-state index in [-0.39, 0.29) is 41.3 Å². The molecule has 0 heterocycles. The van der Waals surface area contributed by atoms with Gasteiger partial charge >= 0.3 is 17.9 Å². The summed E-state index contributed by atoms with van der Waals surface area (Å²) in [5, 5.41) is 25.5. The maximum atomic E-state index is 10.3. The second-order valence-electron chi connectivity index (χ2n) is 16.2. The first-order valence-electron chi connectivity index (χ1n) is 24.0. The van der Waals surface area contributed by atoms with Gasteiger partial charge in [-0.05, 0) is 19.3 Å².